The number of aliphatic imine (C=N–C) groups is 2. The Morgan fingerprint density at radius 3 is 1.58 bits per heavy atom. The number of ether oxygens (including phenoxy) is 4. The van der Waals surface area contributed by atoms with Gasteiger partial charge in [-0.25, -0.2) is 34.3 Å². The number of carbonyl (C=O) groups is 2. The van der Waals surface area contributed by atoms with Gasteiger partial charge >= 0.3 is 5.69 Å². The molecule has 0 aromatic carbocycles. The quantitative estimate of drug-likeness (QED) is 0.0236. The van der Waals surface area contributed by atoms with Crippen LogP contribution in [0.2, 0.25) is 103 Å². The number of carbonyl (C=O) groups excluding carboxylic acids is 4. The van der Waals surface area contributed by atoms with Gasteiger partial charge < -0.3 is 35.4 Å². The first-order valence-corrected chi connectivity index (χ1v) is 34.8. The molecule has 22 nitrogen and oxygen atoms in total. The van der Waals surface area contributed by atoms with Crippen molar-refractivity contribution < 1.29 is 38.1 Å². The molecule has 0 saturated heterocycles. The van der Waals surface area contributed by atoms with Gasteiger partial charge in [0, 0.05) is 58.7 Å². The summed E-state index contributed by atoms with van der Waals surface area (Å²) in [4.78, 5) is 69.2. The number of isocyanates is 2. The number of primary amides is 2. The normalized spacial score (nSPS) is 11.1. The molecule has 3 rings (SSSR count). The third-order valence-electron chi connectivity index (χ3n) is 7.34. The molecule has 62 heavy (non-hydrogen) atoms. The van der Waals surface area contributed by atoms with Crippen molar-refractivity contribution in [2.75, 3.05) is 46.0 Å². The number of nitrogens with zero attached hydrogens (tertiary/aromatic N) is 9. The van der Waals surface area contributed by atoms with Gasteiger partial charge in [0.25, 0.3) is 11.8 Å². The van der Waals surface area contributed by atoms with Gasteiger partial charge in [0.15, 0.2) is 17.0 Å². The lowest BCUT2D eigenvalue weighted by molar-refractivity contribution is 0.0712. The molecule has 3 aromatic heterocycles. The maximum atomic E-state index is 12.1. The first kappa shape index (κ1) is 59.9. The summed E-state index contributed by atoms with van der Waals surface area (Å²) in [6, 6.07) is 4.77. The van der Waals surface area contributed by atoms with E-state index in [0.29, 0.717) is 25.9 Å². The highest BCUT2D eigenvalue weighted by molar-refractivity contribution is 6.77. The number of alkyl halides is 1. The average molecular weight is 963 g/mol. The highest BCUT2D eigenvalue weighted by Gasteiger charge is 2.17. The standard InChI is InChI=1S/C11H18N6O3Si.2C7H15NO2Si.C6H15ClOSi.C4H5N5O/c1-21(2,3)5-4-20-7-17-11(19)16-6-13-8(9(12)18)10(16)14-15-17;2*1-11(2,3)5-4-10-7-8-6-9;1-9(2,3)5-4-8-6-7;5-3(10)2-4(9-6)8-1-7-2/h6H,4-5,7H2,1-3H3,(H2,12,18);2*4-5,7H2,1-3H3;4-6H2,1-3H3;1,6H,(H2,5,10)(H,7,8). The Labute approximate surface area is 372 Å². The van der Waals surface area contributed by atoms with Crippen molar-refractivity contribution in [2.45, 2.75) is 109 Å². The molecule has 3 heterocycles. The minimum absolute atomic E-state index is 0.0103. The number of fused-ring (bicyclic) bond motifs is 1. The van der Waals surface area contributed by atoms with Crippen molar-refractivity contribution in [1.82, 2.24) is 34.3 Å². The number of aromatic amines is 1. The summed E-state index contributed by atoms with van der Waals surface area (Å²) in [6.45, 7) is 30.5. The molecule has 0 fully saturated rings. The summed E-state index contributed by atoms with van der Waals surface area (Å²) in [5.41, 5.74) is 16.1. The van der Waals surface area contributed by atoms with E-state index in [-0.39, 0.29) is 43.0 Å². The van der Waals surface area contributed by atoms with E-state index >= 15 is 0 Å². The summed E-state index contributed by atoms with van der Waals surface area (Å²) in [5, 5.41) is 10.5. The van der Waals surface area contributed by atoms with E-state index in [4.69, 9.17) is 47.5 Å². The lowest BCUT2D eigenvalue weighted by atomic mass is 10.4. The van der Waals surface area contributed by atoms with Crippen LogP contribution in [0.5, 0.6) is 0 Å². The average Bonchev–Trinajstić information content (AvgIpc) is 3.82. The number of nitrogens with two attached hydrogens (primary N) is 2. The van der Waals surface area contributed by atoms with Crippen LogP contribution in [-0.4, -0.2) is 137 Å². The predicted octanol–water partition coefficient (Wildman–Crippen LogP) is 5.67. The molecule has 0 aliphatic rings. The molecule has 0 aliphatic heterocycles. The van der Waals surface area contributed by atoms with Gasteiger partial charge in [0.05, 0.1) is 6.33 Å². The van der Waals surface area contributed by atoms with Crippen molar-refractivity contribution in [2.24, 2.45) is 26.6 Å². The van der Waals surface area contributed by atoms with Crippen LogP contribution in [0.1, 0.15) is 21.0 Å². The van der Waals surface area contributed by atoms with Gasteiger partial charge in [-0.15, -0.1) is 10.2 Å². The summed E-state index contributed by atoms with van der Waals surface area (Å²) >= 11 is 5.32. The first-order chi connectivity index (χ1) is 28.7. The van der Waals surface area contributed by atoms with Gasteiger partial charge in [0.2, 0.25) is 18.0 Å². The fourth-order valence-corrected chi connectivity index (χ4v) is 6.77. The van der Waals surface area contributed by atoms with Crippen LogP contribution >= 0.6 is 11.6 Å². The van der Waals surface area contributed by atoms with Crippen LogP contribution in [0.25, 0.3) is 5.65 Å². The number of halogens is 1. The molecule has 0 bridgehead atoms. The minimum Gasteiger partial charge on any atom is -0.366 e. The zero-order chi connectivity index (χ0) is 48.0. The van der Waals surface area contributed by atoms with Crippen LogP contribution in [0, 0.1) is 5.53 Å². The van der Waals surface area contributed by atoms with E-state index in [2.05, 4.69) is 119 Å². The maximum Gasteiger partial charge on any atom is 0.355 e. The van der Waals surface area contributed by atoms with E-state index in [1.54, 1.807) is 0 Å². The van der Waals surface area contributed by atoms with Gasteiger partial charge in [-0.2, -0.15) is 14.7 Å². The molecule has 0 unspecified atom stereocenters. The topological polar surface area (TPSA) is 312 Å². The number of hydrogen-bond donors (Lipinski definition) is 4. The molecule has 3 aromatic rings. The Morgan fingerprint density at radius 1 is 0.758 bits per heavy atom. The molecule has 0 saturated carbocycles. The zero-order valence-electron chi connectivity index (χ0n) is 38.4. The van der Waals surface area contributed by atoms with E-state index in [1.165, 1.54) is 30.9 Å². The lowest BCUT2D eigenvalue weighted by Crippen LogP contribution is -2.31. The summed E-state index contributed by atoms with van der Waals surface area (Å²) < 4.78 is 22.8. The first-order valence-electron chi connectivity index (χ1n) is 19.5. The van der Waals surface area contributed by atoms with Gasteiger partial charge in [-0.3, -0.25) is 9.59 Å². The molecular formula is C35H68ClN13O9Si4. The van der Waals surface area contributed by atoms with Crippen LogP contribution in [0.3, 0.4) is 0 Å². The Morgan fingerprint density at radius 2 is 1.21 bits per heavy atom. The second-order valence-corrected chi connectivity index (χ2v) is 40.7. The fraction of sp³-hybridized carbons (Fsp3) is 0.686. The highest BCUT2D eigenvalue weighted by Crippen LogP contribution is 2.12. The number of rotatable bonds is 22. The smallest absolute Gasteiger partial charge is 0.355 e. The Kier molecular flexibility index (Phi) is 30.5. The molecule has 2 amide bonds. The maximum absolute atomic E-state index is 12.1. The molecule has 0 radical (unpaired) electrons. The van der Waals surface area contributed by atoms with E-state index in [1.807, 2.05) is 0 Å². The molecule has 0 spiro atoms. The molecule has 27 heteroatoms. The third kappa shape index (κ3) is 32.5. The monoisotopic (exact) mass is 961 g/mol. The SMILES string of the molecule is C[Si](C)(C)CCOCCl.C[Si](C)(C)CCOCN=C=O.C[Si](C)(C)CCOCN=C=O.C[Si](C)(C)CCOCn1nnc2c(C(N)=O)ncn2c1=O.N=Nc1nc[nH]c1C(N)=O. The third-order valence-corrected chi connectivity index (χ3v) is 14.3. The van der Waals surface area contributed by atoms with Crippen molar-refractivity contribution in [1.29, 1.82) is 5.53 Å². The summed E-state index contributed by atoms with van der Waals surface area (Å²) in [5.74, 6) is -1.40. The lowest BCUT2D eigenvalue weighted by Gasteiger charge is -2.15. The van der Waals surface area contributed by atoms with Crippen molar-refractivity contribution in [3.63, 3.8) is 0 Å². The van der Waals surface area contributed by atoms with E-state index in [9.17, 15) is 24.0 Å². The zero-order valence-corrected chi connectivity index (χ0v) is 43.1. The highest BCUT2D eigenvalue weighted by atomic mass is 35.5. The van der Waals surface area contributed by atoms with Gasteiger partial charge in [0.1, 0.15) is 32.6 Å². The second-order valence-electron chi connectivity index (χ2n) is 18.0. The van der Waals surface area contributed by atoms with E-state index in [0.717, 1.165) is 33.8 Å². The van der Waals surface area contributed by atoms with Crippen LogP contribution in [0.15, 0.2) is 32.5 Å². The number of hydrogen-bond acceptors (Lipinski definition) is 17. The molecule has 6 N–H and O–H groups in total. The molecule has 0 atom stereocenters. The number of nitrogens with one attached hydrogen (secondary N) is 2. The number of H-pyrrole nitrogens is 1. The van der Waals surface area contributed by atoms with Crippen molar-refractivity contribution in [3.8, 4) is 0 Å². The van der Waals surface area contributed by atoms with Crippen LogP contribution < -0.4 is 17.2 Å². The Hall–Kier alpha value is -4.21. The predicted molar refractivity (Wildman–Crippen MR) is 249 cm³/mol. The van der Waals surface area contributed by atoms with Crippen LogP contribution in [-0.2, 0) is 35.3 Å². The second kappa shape index (κ2) is 31.6. The van der Waals surface area contributed by atoms with Gasteiger partial charge in [-0.05, 0) is 24.2 Å². The molecule has 350 valence electrons. The van der Waals surface area contributed by atoms with Crippen LogP contribution in [0.4, 0.5) is 5.82 Å². The summed E-state index contributed by atoms with van der Waals surface area (Å²) in [6.07, 6.45) is 5.31. The number of amides is 2. The minimum atomic E-state index is -1.18. The largest absolute Gasteiger partial charge is 0.366 e. The Bertz CT molecular complexity index is 1870. The number of imidazole rings is 2. The molecule has 0 aliphatic carbocycles. The van der Waals surface area contributed by atoms with Gasteiger partial charge in [-0.1, -0.05) is 95.4 Å². The van der Waals surface area contributed by atoms with E-state index < -0.39 is 49.8 Å². The number of aromatic nitrogens is 7. The van der Waals surface area contributed by atoms with Crippen molar-refractivity contribution in [3.05, 3.63) is 34.5 Å². The fourth-order valence-electron chi connectivity index (χ4n) is 3.64. The Balaban J connectivity index is 0. The summed E-state index contributed by atoms with van der Waals surface area (Å²) in [7, 11) is -4.02. The van der Waals surface area contributed by atoms with Crippen molar-refractivity contribution >= 4 is 79.3 Å². The molecular weight excluding hydrogens is 894 g/mol.